The van der Waals surface area contributed by atoms with Gasteiger partial charge in [0.05, 0.1) is 0 Å². The van der Waals surface area contributed by atoms with Gasteiger partial charge in [-0.05, 0) is 37.6 Å². The largest absolute Gasteiger partial charge is 0.390 e. The lowest BCUT2D eigenvalue weighted by molar-refractivity contribution is -0.112. The molecular weight excluding hydrogens is 266 g/mol. The summed E-state index contributed by atoms with van der Waals surface area (Å²) in [6.07, 6.45) is 3.44. The first-order valence-electron chi connectivity index (χ1n) is 6.84. The van der Waals surface area contributed by atoms with Gasteiger partial charge in [-0.3, -0.25) is 9.59 Å². The molecule has 0 spiro atoms. The number of nitrogens with one attached hydrogen (secondary N) is 2. The van der Waals surface area contributed by atoms with Crippen LogP contribution >= 0.6 is 0 Å². The normalized spacial score (nSPS) is 10.6. The van der Waals surface area contributed by atoms with Gasteiger partial charge in [-0.1, -0.05) is 13.3 Å². The van der Waals surface area contributed by atoms with E-state index in [9.17, 15) is 9.59 Å². The summed E-state index contributed by atoms with van der Waals surface area (Å²) >= 11 is 0. The van der Waals surface area contributed by atoms with Crippen LogP contribution in [-0.2, 0) is 4.79 Å². The first-order chi connectivity index (χ1) is 10.1. The van der Waals surface area contributed by atoms with Crippen molar-refractivity contribution >= 4 is 17.4 Å². The van der Waals surface area contributed by atoms with Crippen LogP contribution in [0.5, 0.6) is 0 Å². The Balaban J connectivity index is 2.65. The topological polar surface area (TPSA) is 82.0 Å². The van der Waals surface area contributed by atoms with E-state index in [1.807, 2.05) is 6.07 Å². The van der Waals surface area contributed by atoms with Gasteiger partial charge in [0.2, 0.25) is 0 Å². The zero-order chi connectivity index (χ0) is 15.7. The van der Waals surface area contributed by atoms with Crippen LogP contribution in [0, 0.1) is 11.3 Å². The van der Waals surface area contributed by atoms with E-state index in [4.69, 9.17) is 5.26 Å². The number of benzene rings is 1. The Hall–Kier alpha value is -2.61. The maximum Gasteiger partial charge on any atom is 0.267 e. The van der Waals surface area contributed by atoms with Crippen LogP contribution in [0.2, 0.25) is 0 Å². The number of amides is 1. The monoisotopic (exact) mass is 285 g/mol. The highest BCUT2D eigenvalue weighted by Gasteiger charge is 2.09. The summed E-state index contributed by atoms with van der Waals surface area (Å²) in [5.41, 5.74) is 1.13. The lowest BCUT2D eigenvalue weighted by Crippen LogP contribution is -2.17. The van der Waals surface area contributed by atoms with Crippen molar-refractivity contribution in [3.8, 4) is 6.07 Å². The highest BCUT2D eigenvalue weighted by molar-refractivity contribution is 6.06. The Morgan fingerprint density at radius 3 is 2.48 bits per heavy atom. The van der Waals surface area contributed by atoms with Gasteiger partial charge in [-0.15, -0.1) is 0 Å². The molecule has 0 saturated heterocycles. The van der Waals surface area contributed by atoms with Crippen molar-refractivity contribution in [1.82, 2.24) is 5.32 Å². The van der Waals surface area contributed by atoms with E-state index >= 15 is 0 Å². The minimum Gasteiger partial charge on any atom is -0.390 e. The summed E-state index contributed by atoms with van der Waals surface area (Å²) in [5, 5.41) is 14.5. The van der Waals surface area contributed by atoms with Crippen LogP contribution in [0.25, 0.3) is 0 Å². The number of nitrogens with zero attached hydrogens (tertiary/aromatic N) is 1. The first kappa shape index (κ1) is 16.4. The molecule has 5 heteroatoms. The number of hydrogen-bond donors (Lipinski definition) is 2. The Morgan fingerprint density at radius 2 is 1.95 bits per heavy atom. The number of anilines is 1. The number of carbonyl (C=O) groups excluding carboxylic acids is 2. The van der Waals surface area contributed by atoms with Crippen molar-refractivity contribution < 1.29 is 9.59 Å². The summed E-state index contributed by atoms with van der Waals surface area (Å²) in [5.74, 6) is -0.511. The molecule has 1 aromatic rings. The third-order valence-corrected chi connectivity index (χ3v) is 2.84. The van der Waals surface area contributed by atoms with Crippen LogP contribution in [0.15, 0.2) is 36.0 Å². The SMILES string of the molecule is CCCCN/C=C(/C#N)C(=O)Nc1ccc(C(C)=O)cc1. The van der Waals surface area contributed by atoms with Crippen LogP contribution in [0.1, 0.15) is 37.0 Å². The molecule has 0 aromatic heterocycles. The average molecular weight is 285 g/mol. The van der Waals surface area contributed by atoms with Gasteiger partial charge in [0, 0.05) is 24.0 Å². The minimum absolute atomic E-state index is 0.0155. The molecule has 1 amide bonds. The van der Waals surface area contributed by atoms with Gasteiger partial charge >= 0.3 is 0 Å². The van der Waals surface area contributed by atoms with Crippen LogP contribution in [0.4, 0.5) is 5.69 Å². The van der Waals surface area contributed by atoms with Crippen LogP contribution < -0.4 is 10.6 Å². The van der Waals surface area contributed by atoms with Crippen LogP contribution in [-0.4, -0.2) is 18.2 Å². The fraction of sp³-hybridized carbons (Fsp3) is 0.312. The fourth-order valence-electron chi connectivity index (χ4n) is 1.59. The molecule has 0 aliphatic carbocycles. The van der Waals surface area contributed by atoms with Gasteiger partial charge in [-0.25, -0.2) is 0 Å². The van der Waals surface area contributed by atoms with E-state index in [-0.39, 0.29) is 11.4 Å². The second-order valence-electron chi connectivity index (χ2n) is 4.57. The molecular formula is C16H19N3O2. The molecule has 0 bridgehead atoms. The second-order valence-corrected chi connectivity index (χ2v) is 4.57. The predicted octanol–water partition coefficient (Wildman–Crippen LogP) is 2.62. The Morgan fingerprint density at radius 1 is 1.29 bits per heavy atom. The minimum atomic E-state index is -0.475. The zero-order valence-electron chi connectivity index (χ0n) is 12.3. The van der Waals surface area contributed by atoms with E-state index < -0.39 is 5.91 Å². The van der Waals surface area contributed by atoms with Gasteiger partial charge < -0.3 is 10.6 Å². The third-order valence-electron chi connectivity index (χ3n) is 2.84. The summed E-state index contributed by atoms with van der Waals surface area (Å²) in [7, 11) is 0. The summed E-state index contributed by atoms with van der Waals surface area (Å²) in [6.45, 7) is 4.27. The first-order valence-corrected chi connectivity index (χ1v) is 6.84. The van der Waals surface area contributed by atoms with Crippen molar-refractivity contribution in [2.75, 3.05) is 11.9 Å². The summed E-state index contributed by atoms with van der Waals surface area (Å²) in [6, 6.07) is 8.39. The number of hydrogen-bond acceptors (Lipinski definition) is 4. The molecule has 1 rings (SSSR count). The number of carbonyl (C=O) groups is 2. The third kappa shape index (κ3) is 5.49. The Kier molecular flexibility index (Phi) is 6.69. The maximum atomic E-state index is 11.9. The molecule has 1 aromatic carbocycles. The van der Waals surface area contributed by atoms with Crippen molar-refractivity contribution in [1.29, 1.82) is 5.26 Å². The van der Waals surface area contributed by atoms with E-state index in [1.165, 1.54) is 13.1 Å². The molecule has 0 radical (unpaired) electrons. The molecule has 0 aliphatic rings. The number of Topliss-reactive ketones (excluding diaryl/α,β-unsaturated/α-hetero) is 1. The molecule has 110 valence electrons. The smallest absolute Gasteiger partial charge is 0.267 e. The maximum absolute atomic E-state index is 11.9. The van der Waals surface area contributed by atoms with Crippen molar-refractivity contribution in [2.24, 2.45) is 0 Å². The van der Waals surface area contributed by atoms with Crippen molar-refractivity contribution in [2.45, 2.75) is 26.7 Å². The van der Waals surface area contributed by atoms with Crippen molar-refractivity contribution in [3.05, 3.63) is 41.6 Å². The van der Waals surface area contributed by atoms with Gasteiger partial charge in [-0.2, -0.15) is 5.26 Å². The molecule has 0 unspecified atom stereocenters. The van der Waals surface area contributed by atoms with E-state index in [0.717, 1.165) is 19.4 Å². The molecule has 0 heterocycles. The molecule has 0 atom stereocenters. The van der Waals surface area contributed by atoms with Gasteiger partial charge in [0.1, 0.15) is 11.6 Å². The molecule has 2 N–H and O–H groups in total. The predicted molar refractivity (Wildman–Crippen MR) is 81.7 cm³/mol. The van der Waals surface area contributed by atoms with E-state index in [0.29, 0.717) is 11.3 Å². The van der Waals surface area contributed by atoms with Crippen LogP contribution in [0.3, 0.4) is 0 Å². The second kappa shape index (κ2) is 8.54. The van der Waals surface area contributed by atoms with Crippen molar-refractivity contribution in [3.63, 3.8) is 0 Å². The summed E-state index contributed by atoms with van der Waals surface area (Å²) < 4.78 is 0. The lowest BCUT2D eigenvalue weighted by Gasteiger charge is -2.05. The number of ketones is 1. The molecule has 0 aliphatic heterocycles. The molecule has 21 heavy (non-hydrogen) atoms. The molecule has 0 saturated carbocycles. The number of unbranched alkanes of at least 4 members (excludes halogenated alkanes) is 1. The quantitative estimate of drug-likeness (QED) is 0.349. The van der Waals surface area contributed by atoms with E-state index in [1.54, 1.807) is 24.3 Å². The zero-order valence-corrected chi connectivity index (χ0v) is 12.3. The Bertz CT molecular complexity index is 568. The number of rotatable bonds is 7. The highest BCUT2D eigenvalue weighted by Crippen LogP contribution is 2.11. The van der Waals surface area contributed by atoms with Gasteiger partial charge in [0.15, 0.2) is 5.78 Å². The van der Waals surface area contributed by atoms with E-state index in [2.05, 4.69) is 17.6 Å². The Labute approximate surface area is 124 Å². The number of nitriles is 1. The van der Waals surface area contributed by atoms with Gasteiger partial charge in [0.25, 0.3) is 5.91 Å². The standard InChI is InChI=1S/C16H19N3O2/c1-3-4-9-18-11-14(10-17)16(21)19-15-7-5-13(6-8-15)12(2)20/h5-8,11,18H,3-4,9H2,1-2H3,(H,19,21)/b14-11-. The highest BCUT2D eigenvalue weighted by atomic mass is 16.1. The molecule has 0 fully saturated rings. The molecule has 5 nitrogen and oxygen atoms in total. The fourth-order valence-corrected chi connectivity index (χ4v) is 1.59. The average Bonchev–Trinajstić information content (AvgIpc) is 2.47. The lowest BCUT2D eigenvalue weighted by atomic mass is 10.1. The summed E-state index contributed by atoms with van der Waals surface area (Å²) in [4.78, 5) is 23.1.